The second-order valence-corrected chi connectivity index (χ2v) is 8.96. The molecule has 0 saturated carbocycles. The van der Waals surface area contributed by atoms with Gasteiger partial charge in [0.1, 0.15) is 28.9 Å². The molecule has 0 saturated heterocycles. The van der Waals surface area contributed by atoms with Crippen molar-refractivity contribution in [2.24, 2.45) is 0 Å². The molecular formula is C24H29N7O4. The van der Waals surface area contributed by atoms with Gasteiger partial charge in [-0.15, -0.1) is 0 Å². The van der Waals surface area contributed by atoms with E-state index in [9.17, 15) is 9.59 Å². The second-order valence-electron chi connectivity index (χ2n) is 8.96. The number of hydrogen-bond donors (Lipinski definition) is 3. The van der Waals surface area contributed by atoms with E-state index in [4.69, 9.17) is 14.5 Å². The first kappa shape index (κ1) is 24.1. The van der Waals surface area contributed by atoms with Crippen molar-refractivity contribution in [1.29, 1.82) is 0 Å². The molecule has 4 aromatic rings. The molecule has 4 aromatic heterocycles. The molecule has 4 rings (SSSR count). The van der Waals surface area contributed by atoms with Crippen molar-refractivity contribution in [3.63, 3.8) is 0 Å². The Balaban J connectivity index is 1.71. The predicted octanol–water partition coefficient (Wildman–Crippen LogP) is 3.53. The number of rotatable bonds is 7. The topological polar surface area (TPSA) is 138 Å². The van der Waals surface area contributed by atoms with E-state index < -0.39 is 11.7 Å². The molecule has 0 fully saturated rings. The fourth-order valence-electron chi connectivity index (χ4n) is 3.66. The maximum atomic E-state index is 12.9. The van der Waals surface area contributed by atoms with E-state index in [1.54, 1.807) is 6.33 Å². The number of carbonyl (C=O) groups excluding carboxylic acids is 2. The Morgan fingerprint density at radius 1 is 1.20 bits per heavy atom. The summed E-state index contributed by atoms with van der Waals surface area (Å²) < 4.78 is 10.4. The van der Waals surface area contributed by atoms with Crippen LogP contribution in [-0.2, 0) is 20.8 Å². The van der Waals surface area contributed by atoms with Crippen LogP contribution in [0.3, 0.4) is 0 Å². The average molecular weight is 480 g/mol. The molecule has 0 aliphatic carbocycles. The van der Waals surface area contributed by atoms with Gasteiger partial charge in [-0.25, -0.2) is 19.7 Å². The lowest BCUT2D eigenvalue weighted by atomic mass is 10.2. The number of H-pyrrole nitrogens is 2. The van der Waals surface area contributed by atoms with Crippen molar-refractivity contribution >= 4 is 39.9 Å². The van der Waals surface area contributed by atoms with Gasteiger partial charge in [-0.05, 0) is 45.9 Å². The molecule has 2 amide bonds. The zero-order chi connectivity index (χ0) is 25.2. The molecule has 3 N–H and O–H groups in total. The number of nitrogens with one attached hydrogen (secondary N) is 3. The average Bonchev–Trinajstić information content (AvgIpc) is 3.44. The molecule has 0 unspecified atom stereocenters. The SMILES string of the molecule is CCN(C(=O)OC(C)(C)C)c1nc2[nH]c(-c3cccc(CNC(=O)COC)n3)cc2c2nc[nH]c12. The van der Waals surface area contributed by atoms with Crippen LogP contribution in [0.25, 0.3) is 33.5 Å². The summed E-state index contributed by atoms with van der Waals surface area (Å²) in [6, 6.07) is 7.50. The van der Waals surface area contributed by atoms with Crippen molar-refractivity contribution in [2.45, 2.75) is 39.8 Å². The van der Waals surface area contributed by atoms with Crippen LogP contribution >= 0.6 is 0 Å². The van der Waals surface area contributed by atoms with E-state index in [1.807, 2.05) is 52.0 Å². The zero-order valence-electron chi connectivity index (χ0n) is 20.4. The smallest absolute Gasteiger partial charge is 0.416 e. The standard InChI is InChI=1S/C24H29N7O4/c1-6-31(23(33)35-24(2,3)4)22-20-19(26-13-27-20)15-10-17(29-21(15)30-22)16-9-7-8-14(28-16)11-25-18(32)12-34-5/h7-10,13H,6,11-12H2,1-5H3,(H,25,32)(H,26,27)(H,29,30). The lowest BCUT2D eigenvalue weighted by Crippen LogP contribution is -2.37. The van der Waals surface area contributed by atoms with Gasteiger partial charge in [-0.2, -0.15) is 0 Å². The Kier molecular flexibility index (Phi) is 6.70. The summed E-state index contributed by atoms with van der Waals surface area (Å²) in [5.41, 5.74) is 3.37. The summed E-state index contributed by atoms with van der Waals surface area (Å²) in [4.78, 5) is 46.3. The Bertz CT molecular complexity index is 1370. The highest BCUT2D eigenvalue weighted by Crippen LogP contribution is 2.32. The minimum Gasteiger partial charge on any atom is -0.443 e. The normalized spacial score (nSPS) is 11.7. The fraction of sp³-hybridized carbons (Fsp3) is 0.375. The molecule has 11 heteroatoms. The Morgan fingerprint density at radius 2 is 2.00 bits per heavy atom. The molecule has 4 heterocycles. The summed E-state index contributed by atoms with van der Waals surface area (Å²) in [5, 5.41) is 3.56. The van der Waals surface area contributed by atoms with Gasteiger partial charge in [0.25, 0.3) is 0 Å². The third-order valence-corrected chi connectivity index (χ3v) is 5.14. The van der Waals surface area contributed by atoms with Gasteiger partial charge in [0, 0.05) is 19.0 Å². The summed E-state index contributed by atoms with van der Waals surface area (Å²) >= 11 is 0. The first-order valence-electron chi connectivity index (χ1n) is 11.3. The summed E-state index contributed by atoms with van der Waals surface area (Å²) in [5.74, 6) is 0.214. The van der Waals surface area contributed by atoms with E-state index in [1.165, 1.54) is 12.0 Å². The van der Waals surface area contributed by atoms with Crippen molar-refractivity contribution in [2.75, 3.05) is 25.2 Å². The van der Waals surface area contributed by atoms with Crippen LogP contribution in [-0.4, -0.2) is 62.8 Å². The molecule has 11 nitrogen and oxygen atoms in total. The van der Waals surface area contributed by atoms with Crippen molar-refractivity contribution < 1.29 is 19.1 Å². The maximum Gasteiger partial charge on any atom is 0.416 e. The van der Waals surface area contributed by atoms with E-state index in [-0.39, 0.29) is 19.1 Å². The Morgan fingerprint density at radius 3 is 2.71 bits per heavy atom. The molecule has 0 aliphatic heterocycles. The highest BCUT2D eigenvalue weighted by molar-refractivity contribution is 6.09. The molecular weight excluding hydrogens is 450 g/mol. The summed E-state index contributed by atoms with van der Waals surface area (Å²) in [6.45, 7) is 7.97. The second kappa shape index (κ2) is 9.71. The molecule has 35 heavy (non-hydrogen) atoms. The summed E-state index contributed by atoms with van der Waals surface area (Å²) in [7, 11) is 1.47. The first-order chi connectivity index (χ1) is 16.7. The first-order valence-corrected chi connectivity index (χ1v) is 11.3. The van der Waals surface area contributed by atoms with Crippen LogP contribution in [0.2, 0.25) is 0 Å². The Hall–Kier alpha value is -3.99. The lowest BCUT2D eigenvalue weighted by Gasteiger charge is -2.26. The Labute approximate surface area is 202 Å². The third kappa shape index (κ3) is 5.24. The summed E-state index contributed by atoms with van der Waals surface area (Å²) in [6.07, 6.45) is 1.09. The third-order valence-electron chi connectivity index (χ3n) is 5.14. The monoisotopic (exact) mass is 479 g/mol. The molecule has 0 radical (unpaired) electrons. The number of aromatic amines is 2. The fourth-order valence-corrected chi connectivity index (χ4v) is 3.66. The number of anilines is 1. The minimum atomic E-state index is -0.638. The van der Waals surface area contributed by atoms with E-state index in [0.717, 1.165) is 11.1 Å². The van der Waals surface area contributed by atoms with Crippen LogP contribution in [0.1, 0.15) is 33.4 Å². The van der Waals surface area contributed by atoms with Gasteiger partial charge in [-0.3, -0.25) is 9.69 Å². The minimum absolute atomic E-state index is 0.00650. The van der Waals surface area contributed by atoms with Gasteiger partial charge in [0.2, 0.25) is 5.91 Å². The lowest BCUT2D eigenvalue weighted by molar-refractivity contribution is -0.124. The molecule has 0 aliphatic rings. The molecule has 184 valence electrons. The van der Waals surface area contributed by atoms with E-state index in [2.05, 4.69) is 25.3 Å². The van der Waals surface area contributed by atoms with Crippen LogP contribution in [0.4, 0.5) is 10.6 Å². The van der Waals surface area contributed by atoms with Crippen molar-refractivity contribution in [3.05, 3.63) is 36.3 Å². The van der Waals surface area contributed by atoms with Gasteiger partial charge in [0.05, 0.1) is 30.0 Å². The van der Waals surface area contributed by atoms with Gasteiger partial charge < -0.3 is 24.8 Å². The number of nitrogens with zero attached hydrogens (tertiary/aromatic N) is 4. The number of aromatic nitrogens is 5. The number of carbonyl (C=O) groups is 2. The number of amides is 2. The highest BCUT2D eigenvalue weighted by Gasteiger charge is 2.26. The molecule has 0 spiro atoms. The van der Waals surface area contributed by atoms with Gasteiger partial charge in [-0.1, -0.05) is 6.07 Å². The molecule has 0 atom stereocenters. The number of pyridine rings is 2. The van der Waals surface area contributed by atoms with Crippen LogP contribution in [0, 0.1) is 0 Å². The number of ether oxygens (including phenoxy) is 2. The quantitative estimate of drug-likeness (QED) is 0.369. The maximum absolute atomic E-state index is 12.9. The van der Waals surface area contributed by atoms with E-state index in [0.29, 0.717) is 40.4 Å². The highest BCUT2D eigenvalue weighted by atomic mass is 16.6. The van der Waals surface area contributed by atoms with Crippen LogP contribution < -0.4 is 10.2 Å². The van der Waals surface area contributed by atoms with Crippen molar-refractivity contribution in [1.82, 2.24) is 30.2 Å². The van der Waals surface area contributed by atoms with E-state index >= 15 is 0 Å². The number of methoxy groups -OCH3 is 1. The van der Waals surface area contributed by atoms with Crippen LogP contribution in [0.15, 0.2) is 30.6 Å². The largest absolute Gasteiger partial charge is 0.443 e. The number of imidazole rings is 1. The van der Waals surface area contributed by atoms with Gasteiger partial charge >= 0.3 is 6.09 Å². The number of hydrogen-bond acceptors (Lipinski definition) is 7. The number of fused-ring (bicyclic) bond motifs is 3. The zero-order valence-corrected chi connectivity index (χ0v) is 20.4. The van der Waals surface area contributed by atoms with Gasteiger partial charge in [0.15, 0.2) is 5.82 Å². The predicted molar refractivity (Wildman–Crippen MR) is 132 cm³/mol. The van der Waals surface area contributed by atoms with Crippen molar-refractivity contribution in [3.8, 4) is 11.4 Å². The van der Waals surface area contributed by atoms with Crippen LogP contribution in [0.5, 0.6) is 0 Å². The molecule has 0 bridgehead atoms. The molecule has 0 aromatic carbocycles.